The summed E-state index contributed by atoms with van der Waals surface area (Å²) in [6.45, 7) is 2.09. The van der Waals surface area contributed by atoms with Gasteiger partial charge in [0.2, 0.25) is 5.91 Å². The molecule has 2 amide bonds. The number of likely N-dealkylation sites (tertiary alicyclic amines) is 1. The zero-order chi connectivity index (χ0) is 16.5. The molecule has 0 radical (unpaired) electrons. The molecule has 1 aliphatic heterocycles. The smallest absolute Gasteiger partial charge is 0.408 e. The van der Waals surface area contributed by atoms with Crippen molar-refractivity contribution in [3.05, 3.63) is 22.7 Å². The molecule has 1 aromatic rings. The zero-order valence-electron chi connectivity index (χ0n) is 12.2. The molecule has 120 valence electrons. The van der Waals surface area contributed by atoms with Crippen LogP contribution in [0.5, 0.6) is 0 Å². The van der Waals surface area contributed by atoms with Crippen LogP contribution >= 0.6 is 11.6 Å². The number of nitrogens with one attached hydrogen (secondary N) is 1. The monoisotopic (exact) mass is 326 g/mol. The molecule has 22 heavy (non-hydrogen) atoms. The minimum absolute atomic E-state index is 0.146. The van der Waals surface area contributed by atoms with Crippen molar-refractivity contribution >= 4 is 35.0 Å². The minimum atomic E-state index is -1.11. The van der Waals surface area contributed by atoms with Gasteiger partial charge in [0.1, 0.15) is 5.54 Å². The van der Waals surface area contributed by atoms with Crippen LogP contribution in [0.25, 0.3) is 0 Å². The summed E-state index contributed by atoms with van der Waals surface area (Å²) in [7, 11) is 0. The van der Waals surface area contributed by atoms with Crippen LogP contribution < -0.4 is 16.8 Å². The van der Waals surface area contributed by atoms with E-state index in [0.717, 1.165) is 4.90 Å². The Hall–Kier alpha value is -1.99. The maximum atomic E-state index is 12.6. The van der Waals surface area contributed by atoms with Crippen LogP contribution in [0, 0.1) is 0 Å². The second kappa shape index (κ2) is 6.02. The molecule has 1 aliphatic rings. The highest BCUT2D eigenvalue weighted by Crippen LogP contribution is 2.33. The van der Waals surface area contributed by atoms with Gasteiger partial charge in [0.15, 0.2) is 0 Å². The molecule has 7 nitrogen and oxygen atoms in total. The van der Waals surface area contributed by atoms with Crippen LogP contribution in [0.15, 0.2) is 12.1 Å². The highest BCUT2D eigenvalue weighted by atomic mass is 35.5. The highest BCUT2D eigenvalue weighted by molar-refractivity contribution is 6.32. The van der Waals surface area contributed by atoms with E-state index in [1.807, 2.05) is 0 Å². The molecule has 0 bridgehead atoms. The van der Waals surface area contributed by atoms with E-state index in [-0.39, 0.29) is 6.54 Å². The SMILES string of the molecule is C[C@@]1(C(=O)Nc2ccc(Cl)c(CN)c2N)CCCN1C(=O)O. The fourth-order valence-electron chi connectivity index (χ4n) is 2.72. The predicted octanol–water partition coefficient (Wildman–Crippen LogP) is 1.85. The molecule has 0 unspecified atom stereocenters. The van der Waals surface area contributed by atoms with Gasteiger partial charge in [0.25, 0.3) is 0 Å². The first-order valence-corrected chi connectivity index (χ1v) is 7.28. The number of nitrogens with two attached hydrogens (primary N) is 2. The molecule has 1 saturated heterocycles. The summed E-state index contributed by atoms with van der Waals surface area (Å²) in [4.78, 5) is 25.0. The molecule has 8 heteroatoms. The number of halogens is 1. The van der Waals surface area contributed by atoms with E-state index in [0.29, 0.717) is 41.3 Å². The van der Waals surface area contributed by atoms with Gasteiger partial charge < -0.3 is 21.9 Å². The lowest BCUT2D eigenvalue weighted by Gasteiger charge is -2.31. The van der Waals surface area contributed by atoms with E-state index in [2.05, 4.69) is 5.32 Å². The number of carbonyl (C=O) groups is 2. The minimum Gasteiger partial charge on any atom is -0.465 e. The molecular weight excluding hydrogens is 308 g/mol. The Morgan fingerprint density at radius 1 is 1.50 bits per heavy atom. The number of nitrogens with zero attached hydrogens (tertiary/aromatic N) is 1. The van der Waals surface area contributed by atoms with Crippen LogP contribution in [-0.4, -0.2) is 34.1 Å². The number of anilines is 2. The van der Waals surface area contributed by atoms with Gasteiger partial charge >= 0.3 is 6.09 Å². The van der Waals surface area contributed by atoms with E-state index in [4.69, 9.17) is 23.1 Å². The summed E-state index contributed by atoms with van der Waals surface area (Å²) < 4.78 is 0. The van der Waals surface area contributed by atoms with Gasteiger partial charge in [-0.15, -0.1) is 0 Å². The summed E-state index contributed by atoms with van der Waals surface area (Å²) in [5.41, 5.74) is 11.7. The van der Waals surface area contributed by atoms with Crippen LogP contribution in [0.3, 0.4) is 0 Å². The van der Waals surface area contributed by atoms with Gasteiger partial charge in [0.05, 0.1) is 11.4 Å². The number of hydrogen-bond acceptors (Lipinski definition) is 4. The van der Waals surface area contributed by atoms with E-state index >= 15 is 0 Å². The van der Waals surface area contributed by atoms with Crippen molar-refractivity contribution in [3.63, 3.8) is 0 Å². The Morgan fingerprint density at radius 2 is 2.18 bits per heavy atom. The summed E-state index contributed by atoms with van der Waals surface area (Å²) >= 11 is 6.00. The average Bonchev–Trinajstić information content (AvgIpc) is 2.86. The van der Waals surface area contributed by atoms with Crippen LogP contribution in [-0.2, 0) is 11.3 Å². The molecule has 6 N–H and O–H groups in total. The van der Waals surface area contributed by atoms with E-state index in [1.54, 1.807) is 19.1 Å². The summed E-state index contributed by atoms with van der Waals surface area (Å²) in [6.07, 6.45) is -0.00943. The molecule has 0 aromatic heterocycles. The number of nitrogen functional groups attached to an aromatic ring is 1. The first kappa shape index (κ1) is 16.4. The highest BCUT2D eigenvalue weighted by Gasteiger charge is 2.46. The quantitative estimate of drug-likeness (QED) is 0.631. The lowest BCUT2D eigenvalue weighted by Crippen LogP contribution is -2.52. The largest absolute Gasteiger partial charge is 0.465 e. The van der Waals surface area contributed by atoms with Gasteiger partial charge in [0, 0.05) is 23.7 Å². The Labute approximate surface area is 133 Å². The molecule has 0 spiro atoms. The number of carbonyl (C=O) groups excluding carboxylic acids is 1. The first-order valence-electron chi connectivity index (χ1n) is 6.90. The van der Waals surface area contributed by atoms with Gasteiger partial charge in [-0.2, -0.15) is 0 Å². The third-order valence-electron chi connectivity index (χ3n) is 4.11. The molecule has 0 saturated carbocycles. The van der Waals surface area contributed by atoms with E-state index in [9.17, 15) is 14.7 Å². The molecule has 2 rings (SSSR count). The average molecular weight is 327 g/mol. The fraction of sp³-hybridized carbons (Fsp3) is 0.429. The summed E-state index contributed by atoms with van der Waals surface area (Å²) in [5.74, 6) is -0.413. The van der Waals surface area contributed by atoms with Crippen molar-refractivity contribution in [2.24, 2.45) is 5.73 Å². The standard InChI is InChI=1S/C14H19ClN4O3/c1-14(5-2-6-19(14)13(21)22)12(20)18-10-4-3-9(15)8(7-16)11(10)17/h3-4H,2,5-7,16-17H2,1H3,(H,18,20)(H,21,22)/t14-/m0/s1. The summed E-state index contributed by atoms with van der Waals surface area (Å²) in [5, 5.41) is 12.3. The van der Waals surface area contributed by atoms with Gasteiger partial charge in [-0.25, -0.2) is 4.79 Å². The van der Waals surface area contributed by atoms with Gasteiger partial charge in [-0.3, -0.25) is 9.69 Å². The molecule has 0 aliphatic carbocycles. The van der Waals surface area contributed by atoms with Crippen molar-refractivity contribution < 1.29 is 14.7 Å². The molecule has 1 fully saturated rings. The Morgan fingerprint density at radius 3 is 2.77 bits per heavy atom. The predicted molar refractivity (Wildman–Crippen MR) is 84.8 cm³/mol. The van der Waals surface area contributed by atoms with Crippen molar-refractivity contribution in [1.82, 2.24) is 4.90 Å². The topological polar surface area (TPSA) is 122 Å². The molecule has 1 aromatic carbocycles. The maximum absolute atomic E-state index is 12.6. The van der Waals surface area contributed by atoms with Crippen molar-refractivity contribution in [2.45, 2.75) is 31.8 Å². The van der Waals surface area contributed by atoms with Crippen LogP contribution in [0.1, 0.15) is 25.3 Å². The Bertz CT molecular complexity index is 622. The van der Waals surface area contributed by atoms with E-state index < -0.39 is 17.5 Å². The number of hydrogen-bond donors (Lipinski definition) is 4. The van der Waals surface area contributed by atoms with Crippen molar-refractivity contribution in [1.29, 1.82) is 0 Å². The summed E-state index contributed by atoms with van der Waals surface area (Å²) in [6, 6.07) is 3.18. The normalized spacial score (nSPS) is 21.0. The number of rotatable bonds is 3. The Kier molecular flexibility index (Phi) is 4.48. The lowest BCUT2D eigenvalue weighted by molar-refractivity contribution is -0.124. The first-order chi connectivity index (χ1) is 10.3. The molecule has 1 atom stereocenters. The Balaban J connectivity index is 2.28. The van der Waals surface area contributed by atoms with Gasteiger partial charge in [-0.1, -0.05) is 11.6 Å². The van der Waals surface area contributed by atoms with Crippen molar-refractivity contribution in [3.8, 4) is 0 Å². The number of benzene rings is 1. The second-order valence-electron chi connectivity index (χ2n) is 5.46. The fourth-order valence-corrected chi connectivity index (χ4v) is 2.96. The van der Waals surface area contributed by atoms with Gasteiger partial charge in [-0.05, 0) is 31.9 Å². The van der Waals surface area contributed by atoms with Crippen LogP contribution in [0.4, 0.5) is 16.2 Å². The maximum Gasteiger partial charge on any atom is 0.408 e. The number of amides is 2. The molecule has 1 heterocycles. The zero-order valence-corrected chi connectivity index (χ0v) is 13.0. The second-order valence-corrected chi connectivity index (χ2v) is 5.86. The third kappa shape index (κ3) is 2.69. The molecular formula is C14H19ClN4O3. The third-order valence-corrected chi connectivity index (χ3v) is 4.47. The van der Waals surface area contributed by atoms with Crippen LogP contribution in [0.2, 0.25) is 5.02 Å². The van der Waals surface area contributed by atoms with Crippen molar-refractivity contribution in [2.75, 3.05) is 17.6 Å². The van der Waals surface area contributed by atoms with E-state index in [1.165, 1.54) is 0 Å². The number of carboxylic acid groups (broad SMARTS) is 1. The lowest BCUT2D eigenvalue weighted by atomic mass is 9.97.